The minimum Gasteiger partial charge on any atom is -0.490 e. The molecule has 0 bridgehead atoms. The largest absolute Gasteiger partial charge is 0.490 e. The molecule has 7 heteroatoms. The molecular formula is C19H22N3O4+. The fourth-order valence-electron chi connectivity index (χ4n) is 2.45. The van der Waals surface area contributed by atoms with Gasteiger partial charge in [0.15, 0.2) is 6.54 Å². The summed E-state index contributed by atoms with van der Waals surface area (Å²) in [5.74, 6) is 0.573. The van der Waals surface area contributed by atoms with Crippen LogP contribution in [0.1, 0.15) is 5.56 Å². The number of carbonyl (C=O) groups is 1. The first-order valence-corrected chi connectivity index (χ1v) is 8.16. The lowest BCUT2D eigenvalue weighted by atomic mass is 10.2. The summed E-state index contributed by atoms with van der Waals surface area (Å²) in [5, 5.41) is 13.5. The van der Waals surface area contributed by atoms with Crippen molar-refractivity contribution in [1.82, 2.24) is 0 Å². The number of nitro benzene ring substituents is 1. The average molecular weight is 356 g/mol. The molecule has 0 heterocycles. The molecular weight excluding hydrogens is 334 g/mol. The van der Waals surface area contributed by atoms with Crippen LogP contribution in [0.15, 0.2) is 61.2 Å². The highest BCUT2D eigenvalue weighted by atomic mass is 16.6. The Balaban J connectivity index is 1.85. The molecule has 0 aliphatic carbocycles. The molecule has 0 fully saturated rings. The quantitative estimate of drug-likeness (QED) is 0.408. The number of carbonyl (C=O) groups excluding carboxylic acids is 1. The number of ether oxygens (including phenoxy) is 1. The van der Waals surface area contributed by atoms with E-state index < -0.39 is 4.92 Å². The molecule has 0 aliphatic heterocycles. The SMILES string of the molecule is C=CCOc1ccc(C[NH+](C)CC(=O)Nc2cccc([N+](=O)[O-])c2)cc1. The summed E-state index contributed by atoms with van der Waals surface area (Å²) in [5.41, 5.74) is 1.44. The Kier molecular flexibility index (Phi) is 6.87. The van der Waals surface area contributed by atoms with Gasteiger partial charge >= 0.3 is 0 Å². The molecule has 0 spiro atoms. The van der Waals surface area contributed by atoms with E-state index in [2.05, 4.69) is 11.9 Å². The summed E-state index contributed by atoms with van der Waals surface area (Å²) in [4.78, 5) is 23.4. The number of anilines is 1. The molecule has 2 rings (SSSR count). The molecule has 0 saturated carbocycles. The van der Waals surface area contributed by atoms with Gasteiger partial charge in [-0.1, -0.05) is 18.7 Å². The predicted octanol–water partition coefficient (Wildman–Crippen LogP) is 1.81. The monoisotopic (exact) mass is 356 g/mol. The maximum atomic E-state index is 12.1. The van der Waals surface area contributed by atoms with Gasteiger partial charge in [0.05, 0.1) is 12.0 Å². The van der Waals surface area contributed by atoms with Gasteiger partial charge in [0, 0.05) is 23.4 Å². The minimum absolute atomic E-state index is 0.0535. The van der Waals surface area contributed by atoms with Gasteiger partial charge in [-0.25, -0.2) is 0 Å². The fourth-order valence-corrected chi connectivity index (χ4v) is 2.45. The minimum atomic E-state index is -0.491. The lowest BCUT2D eigenvalue weighted by Crippen LogP contribution is -3.08. The number of quaternary nitrogens is 1. The lowest BCUT2D eigenvalue weighted by Gasteiger charge is -2.14. The second kappa shape index (κ2) is 9.33. The Morgan fingerprint density at radius 2 is 2.04 bits per heavy atom. The summed E-state index contributed by atoms with van der Waals surface area (Å²) >= 11 is 0. The van der Waals surface area contributed by atoms with Crippen LogP contribution in [-0.4, -0.2) is 31.0 Å². The highest BCUT2D eigenvalue weighted by Crippen LogP contribution is 2.16. The van der Waals surface area contributed by atoms with Crippen LogP contribution in [0.4, 0.5) is 11.4 Å². The van der Waals surface area contributed by atoms with Gasteiger partial charge in [-0.05, 0) is 30.3 Å². The zero-order chi connectivity index (χ0) is 18.9. The van der Waals surface area contributed by atoms with Crippen LogP contribution in [0.2, 0.25) is 0 Å². The van der Waals surface area contributed by atoms with Gasteiger partial charge in [0.2, 0.25) is 0 Å². The van der Waals surface area contributed by atoms with Crippen molar-refractivity contribution < 1.29 is 19.4 Å². The van der Waals surface area contributed by atoms with E-state index in [-0.39, 0.29) is 18.1 Å². The molecule has 1 unspecified atom stereocenters. The van der Waals surface area contributed by atoms with Crippen molar-refractivity contribution in [2.45, 2.75) is 6.54 Å². The number of benzene rings is 2. The first-order valence-electron chi connectivity index (χ1n) is 8.16. The van der Waals surface area contributed by atoms with E-state index in [1.807, 2.05) is 31.3 Å². The predicted molar refractivity (Wildman–Crippen MR) is 99.3 cm³/mol. The van der Waals surface area contributed by atoms with E-state index in [1.165, 1.54) is 12.1 Å². The molecule has 26 heavy (non-hydrogen) atoms. The normalized spacial score (nSPS) is 11.4. The van der Waals surface area contributed by atoms with E-state index in [0.717, 1.165) is 16.2 Å². The second-order valence-corrected chi connectivity index (χ2v) is 5.91. The molecule has 1 atom stereocenters. The third kappa shape index (κ3) is 6.03. The number of amides is 1. The number of rotatable bonds is 9. The van der Waals surface area contributed by atoms with Crippen molar-refractivity contribution in [1.29, 1.82) is 0 Å². The molecule has 1 amide bonds. The van der Waals surface area contributed by atoms with Crippen molar-refractivity contribution in [3.63, 3.8) is 0 Å². The van der Waals surface area contributed by atoms with Crippen molar-refractivity contribution in [2.24, 2.45) is 0 Å². The van der Waals surface area contributed by atoms with Crippen LogP contribution in [0.5, 0.6) is 5.75 Å². The van der Waals surface area contributed by atoms with E-state index in [9.17, 15) is 14.9 Å². The van der Waals surface area contributed by atoms with Gasteiger partial charge in [0.25, 0.3) is 11.6 Å². The van der Waals surface area contributed by atoms with Crippen LogP contribution >= 0.6 is 0 Å². The van der Waals surface area contributed by atoms with Gasteiger partial charge < -0.3 is 15.0 Å². The van der Waals surface area contributed by atoms with Crippen molar-refractivity contribution in [3.8, 4) is 5.75 Å². The fraction of sp³-hybridized carbons (Fsp3) is 0.211. The van der Waals surface area contributed by atoms with Crippen LogP contribution in [0.25, 0.3) is 0 Å². The Morgan fingerprint density at radius 3 is 2.69 bits per heavy atom. The Hall–Kier alpha value is -3.19. The second-order valence-electron chi connectivity index (χ2n) is 5.91. The molecule has 136 valence electrons. The number of nitro groups is 1. The summed E-state index contributed by atoms with van der Waals surface area (Å²) in [6.07, 6.45) is 1.69. The highest BCUT2D eigenvalue weighted by Gasteiger charge is 2.13. The lowest BCUT2D eigenvalue weighted by molar-refractivity contribution is -0.885. The Labute approximate surface area is 152 Å². The van der Waals surface area contributed by atoms with E-state index in [0.29, 0.717) is 18.8 Å². The molecule has 2 N–H and O–H groups in total. The summed E-state index contributed by atoms with van der Waals surface area (Å²) < 4.78 is 5.44. The zero-order valence-electron chi connectivity index (χ0n) is 14.6. The number of hydrogen-bond donors (Lipinski definition) is 2. The number of likely N-dealkylation sites (N-methyl/N-ethyl adjacent to an activating group) is 1. The summed E-state index contributed by atoms with van der Waals surface area (Å²) in [6, 6.07) is 13.6. The highest BCUT2D eigenvalue weighted by molar-refractivity contribution is 5.91. The molecule has 0 radical (unpaired) electrons. The maximum Gasteiger partial charge on any atom is 0.279 e. The summed E-state index contributed by atoms with van der Waals surface area (Å²) in [6.45, 7) is 4.98. The molecule has 2 aromatic carbocycles. The number of nitrogens with zero attached hydrogens (tertiary/aromatic N) is 1. The van der Waals surface area contributed by atoms with Crippen LogP contribution in [0, 0.1) is 10.1 Å². The standard InChI is InChI=1S/C19H21N3O4/c1-3-11-26-18-9-7-15(8-10-18)13-21(2)14-19(23)20-16-5-4-6-17(12-16)22(24)25/h3-10,12H,1,11,13-14H2,2H3,(H,20,23)/p+1. The third-order valence-electron chi connectivity index (χ3n) is 3.60. The van der Waals surface area contributed by atoms with Crippen LogP contribution < -0.4 is 15.0 Å². The topological polar surface area (TPSA) is 85.9 Å². The van der Waals surface area contributed by atoms with Gasteiger partial charge in [-0.3, -0.25) is 14.9 Å². The van der Waals surface area contributed by atoms with Crippen molar-refractivity contribution in [2.75, 3.05) is 25.5 Å². The zero-order valence-corrected chi connectivity index (χ0v) is 14.6. The number of hydrogen-bond acceptors (Lipinski definition) is 4. The Bertz CT molecular complexity index is 775. The van der Waals surface area contributed by atoms with Crippen LogP contribution in [-0.2, 0) is 11.3 Å². The van der Waals surface area contributed by atoms with Gasteiger partial charge in [-0.2, -0.15) is 0 Å². The number of non-ortho nitro benzene ring substituents is 1. The van der Waals surface area contributed by atoms with Crippen LogP contribution in [0.3, 0.4) is 0 Å². The Morgan fingerprint density at radius 1 is 1.31 bits per heavy atom. The first kappa shape index (κ1) is 19.1. The third-order valence-corrected chi connectivity index (χ3v) is 3.60. The molecule has 0 aromatic heterocycles. The average Bonchev–Trinajstić information content (AvgIpc) is 2.61. The van der Waals surface area contributed by atoms with Crippen molar-refractivity contribution >= 4 is 17.3 Å². The van der Waals surface area contributed by atoms with E-state index in [4.69, 9.17) is 4.74 Å². The van der Waals surface area contributed by atoms with Gasteiger partial charge in [0.1, 0.15) is 18.9 Å². The molecule has 7 nitrogen and oxygen atoms in total. The first-order chi connectivity index (χ1) is 12.5. The van der Waals surface area contributed by atoms with Crippen molar-refractivity contribution in [3.05, 3.63) is 76.9 Å². The molecule has 0 aliphatic rings. The smallest absolute Gasteiger partial charge is 0.279 e. The summed E-state index contributed by atoms with van der Waals surface area (Å²) in [7, 11) is 1.91. The van der Waals surface area contributed by atoms with E-state index >= 15 is 0 Å². The number of nitrogens with one attached hydrogen (secondary N) is 2. The molecule has 0 saturated heterocycles. The molecule has 2 aromatic rings. The van der Waals surface area contributed by atoms with E-state index in [1.54, 1.807) is 18.2 Å². The maximum absolute atomic E-state index is 12.1. The van der Waals surface area contributed by atoms with Gasteiger partial charge in [-0.15, -0.1) is 0 Å².